The van der Waals surface area contributed by atoms with Crippen LogP contribution in [-0.4, -0.2) is 70.0 Å². The predicted octanol–water partition coefficient (Wildman–Crippen LogP) is 2.79. The van der Waals surface area contributed by atoms with E-state index in [-0.39, 0.29) is 34.5 Å². The number of ether oxygens (including phenoxy) is 1. The number of carboxylic acid groups (broad SMARTS) is 1. The lowest BCUT2D eigenvalue weighted by Crippen LogP contribution is -2.54. The second kappa shape index (κ2) is 17.7. The average molecular weight is 554 g/mol. The molecular weight excluding hydrogens is 510 g/mol. The molecule has 0 aliphatic heterocycles. The number of ketones is 1. The Bertz CT molecular complexity index is 926. The van der Waals surface area contributed by atoms with E-state index in [0.717, 1.165) is 31.2 Å². The fourth-order valence-electron chi connectivity index (χ4n) is 3.74. The maximum absolute atomic E-state index is 12.9. The number of methoxy groups -OCH3 is 1. The summed E-state index contributed by atoms with van der Waals surface area (Å²) < 4.78 is 5.13. The van der Waals surface area contributed by atoms with Gasteiger partial charge in [-0.2, -0.15) is 11.8 Å². The number of rotatable bonds is 19. The van der Waals surface area contributed by atoms with Crippen LogP contribution < -0.4 is 21.1 Å². The van der Waals surface area contributed by atoms with E-state index in [0.29, 0.717) is 25.0 Å². The van der Waals surface area contributed by atoms with Crippen molar-refractivity contribution >= 4 is 35.3 Å². The summed E-state index contributed by atoms with van der Waals surface area (Å²) in [6, 6.07) is 2.68. The molecule has 0 spiro atoms. The van der Waals surface area contributed by atoms with Gasteiger partial charge in [-0.25, -0.2) is 0 Å². The third-order valence-electron chi connectivity index (χ3n) is 5.82. The highest BCUT2D eigenvalue weighted by molar-refractivity contribution is 8.00. The number of aliphatic carboxylic acids is 1. The summed E-state index contributed by atoms with van der Waals surface area (Å²) in [5.74, 6) is -1.58. The van der Waals surface area contributed by atoms with Crippen LogP contribution in [0.1, 0.15) is 71.3 Å². The predicted molar refractivity (Wildman–Crippen MR) is 148 cm³/mol. The molecule has 0 aromatic heterocycles. The van der Waals surface area contributed by atoms with Crippen LogP contribution in [0.3, 0.4) is 0 Å². The molecule has 0 fully saturated rings. The van der Waals surface area contributed by atoms with Crippen molar-refractivity contribution in [2.24, 2.45) is 5.73 Å². The van der Waals surface area contributed by atoms with Gasteiger partial charge in [-0.1, -0.05) is 32.3 Å². The highest BCUT2D eigenvalue weighted by Gasteiger charge is 2.27. The van der Waals surface area contributed by atoms with Crippen molar-refractivity contribution < 1.29 is 34.1 Å². The number of hydrogen-bond donors (Lipinski definition) is 5. The summed E-state index contributed by atoms with van der Waals surface area (Å²) >= 11 is 1.45. The van der Waals surface area contributed by atoms with Crippen molar-refractivity contribution in [3.8, 4) is 11.5 Å². The molecule has 11 heteroatoms. The zero-order valence-corrected chi connectivity index (χ0v) is 23.6. The Hall–Kier alpha value is -2.79. The number of aromatic hydroxyl groups is 1. The number of thioether (sulfide) groups is 1. The number of amides is 2. The number of nitrogens with one attached hydrogen (secondary N) is 2. The Balaban J connectivity index is 2.84. The number of phenols is 1. The van der Waals surface area contributed by atoms with Gasteiger partial charge >= 0.3 is 5.97 Å². The van der Waals surface area contributed by atoms with Gasteiger partial charge in [0.1, 0.15) is 11.8 Å². The third kappa shape index (κ3) is 13.1. The van der Waals surface area contributed by atoms with Gasteiger partial charge in [0, 0.05) is 29.9 Å². The second-order valence-electron chi connectivity index (χ2n) is 9.63. The zero-order valence-electron chi connectivity index (χ0n) is 22.8. The molecule has 0 saturated heterocycles. The number of benzene rings is 1. The highest BCUT2D eigenvalue weighted by atomic mass is 32.2. The number of Topliss-reactive ketones (excluding diaryl/α,β-unsaturated/α-hetero) is 1. The molecule has 6 N–H and O–H groups in total. The summed E-state index contributed by atoms with van der Waals surface area (Å²) in [5.41, 5.74) is 6.56. The van der Waals surface area contributed by atoms with Crippen molar-refractivity contribution in [3.63, 3.8) is 0 Å². The Labute approximate surface area is 229 Å². The van der Waals surface area contributed by atoms with Crippen LogP contribution in [0.5, 0.6) is 11.5 Å². The maximum Gasteiger partial charge on any atom is 0.305 e. The minimum absolute atomic E-state index is 0.0395. The first-order valence-corrected chi connectivity index (χ1v) is 14.1. The van der Waals surface area contributed by atoms with Gasteiger partial charge < -0.3 is 31.3 Å². The standard InChI is InChI=1S/C27H43N3O7S/c1-5-6-7-8-20(14-19(31)11-9-18-10-12-23(32)24(13-18)37-4)38-16-22(27(36)29-17(2)3)30-26(35)21(28)15-25(33)34/h10,12-13,17,20-22,32H,5-9,11,14-16,28H2,1-4H3,(H,29,36)(H,30,35)(H,33,34). The lowest BCUT2D eigenvalue weighted by atomic mass is 10.0. The quantitative estimate of drug-likeness (QED) is 0.162. The van der Waals surface area contributed by atoms with Crippen molar-refractivity contribution in [1.82, 2.24) is 10.6 Å². The van der Waals surface area contributed by atoms with E-state index in [1.54, 1.807) is 32.0 Å². The van der Waals surface area contributed by atoms with Gasteiger partial charge in [-0.15, -0.1) is 0 Å². The number of aryl methyl sites for hydroxylation is 1. The first-order chi connectivity index (χ1) is 18.0. The Morgan fingerprint density at radius 2 is 1.79 bits per heavy atom. The number of carbonyl (C=O) groups is 4. The van der Waals surface area contributed by atoms with Crippen LogP contribution in [0.25, 0.3) is 0 Å². The van der Waals surface area contributed by atoms with E-state index in [1.807, 2.05) is 0 Å². The van der Waals surface area contributed by atoms with Gasteiger partial charge in [0.15, 0.2) is 11.5 Å². The minimum Gasteiger partial charge on any atom is -0.504 e. The topological polar surface area (TPSA) is 168 Å². The molecule has 0 bridgehead atoms. The van der Waals surface area contributed by atoms with Gasteiger partial charge in [0.05, 0.1) is 19.6 Å². The van der Waals surface area contributed by atoms with Gasteiger partial charge in [-0.05, 0) is 44.4 Å². The van der Waals surface area contributed by atoms with Crippen LogP contribution in [0.4, 0.5) is 0 Å². The molecule has 0 radical (unpaired) electrons. The molecule has 0 aliphatic carbocycles. The van der Waals surface area contributed by atoms with E-state index in [2.05, 4.69) is 17.6 Å². The molecule has 0 aliphatic rings. The lowest BCUT2D eigenvalue weighted by molar-refractivity contribution is -0.139. The normalized spacial score (nSPS) is 13.4. The molecule has 38 heavy (non-hydrogen) atoms. The summed E-state index contributed by atoms with van der Waals surface area (Å²) in [6.07, 6.45) is 4.42. The molecule has 1 aromatic carbocycles. The largest absolute Gasteiger partial charge is 0.504 e. The van der Waals surface area contributed by atoms with Crippen molar-refractivity contribution in [2.45, 2.75) is 95.5 Å². The van der Waals surface area contributed by atoms with Crippen LogP contribution >= 0.6 is 11.8 Å². The Morgan fingerprint density at radius 3 is 2.39 bits per heavy atom. The molecule has 0 saturated carbocycles. The molecule has 214 valence electrons. The molecule has 0 heterocycles. The van der Waals surface area contributed by atoms with Crippen LogP contribution in [0.2, 0.25) is 0 Å². The van der Waals surface area contributed by atoms with E-state index >= 15 is 0 Å². The van der Waals surface area contributed by atoms with E-state index in [1.165, 1.54) is 18.9 Å². The van der Waals surface area contributed by atoms with Crippen molar-refractivity contribution in [1.29, 1.82) is 0 Å². The number of phenolic OH excluding ortho intramolecular Hbond substituents is 1. The second-order valence-corrected chi connectivity index (χ2v) is 11.0. The molecular formula is C27H43N3O7S. The number of carboxylic acids is 1. The fourth-order valence-corrected chi connectivity index (χ4v) is 5.08. The van der Waals surface area contributed by atoms with Crippen LogP contribution in [-0.2, 0) is 25.6 Å². The minimum atomic E-state index is -1.27. The lowest BCUT2D eigenvalue weighted by Gasteiger charge is -2.23. The molecule has 10 nitrogen and oxygen atoms in total. The third-order valence-corrected chi connectivity index (χ3v) is 7.22. The van der Waals surface area contributed by atoms with Gasteiger partial charge in [-0.3, -0.25) is 19.2 Å². The average Bonchev–Trinajstić information content (AvgIpc) is 2.84. The Morgan fingerprint density at radius 1 is 1.08 bits per heavy atom. The van der Waals surface area contributed by atoms with E-state index < -0.39 is 30.4 Å². The van der Waals surface area contributed by atoms with Gasteiger partial charge in [0.25, 0.3) is 0 Å². The molecule has 1 rings (SSSR count). The van der Waals surface area contributed by atoms with Crippen molar-refractivity contribution in [3.05, 3.63) is 23.8 Å². The fraction of sp³-hybridized carbons (Fsp3) is 0.630. The monoisotopic (exact) mass is 553 g/mol. The molecule has 1 aromatic rings. The molecule has 3 atom stereocenters. The molecule has 2 amide bonds. The summed E-state index contributed by atoms with van der Waals surface area (Å²) in [7, 11) is 1.47. The van der Waals surface area contributed by atoms with Crippen LogP contribution in [0, 0.1) is 0 Å². The number of nitrogens with two attached hydrogens (primary N) is 1. The highest BCUT2D eigenvalue weighted by Crippen LogP contribution is 2.27. The van der Waals surface area contributed by atoms with E-state index in [4.69, 9.17) is 15.6 Å². The SMILES string of the molecule is CCCCCC(CC(=O)CCc1ccc(O)c(OC)c1)SCC(NC(=O)C(N)CC(=O)O)C(=O)NC(C)C. The van der Waals surface area contributed by atoms with Crippen LogP contribution in [0.15, 0.2) is 18.2 Å². The van der Waals surface area contributed by atoms with E-state index in [9.17, 15) is 24.3 Å². The summed E-state index contributed by atoms with van der Waals surface area (Å²) in [5, 5.41) is 24.0. The van der Waals surface area contributed by atoms with Crippen molar-refractivity contribution in [2.75, 3.05) is 12.9 Å². The zero-order chi connectivity index (χ0) is 28.7. The number of hydrogen-bond acceptors (Lipinski definition) is 8. The summed E-state index contributed by atoms with van der Waals surface area (Å²) in [6.45, 7) is 5.70. The Kier molecular flexibility index (Phi) is 15.5. The maximum atomic E-state index is 12.9. The van der Waals surface area contributed by atoms with Gasteiger partial charge in [0.2, 0.25) is 11.8 Å². The summed E-state index contributed by atoms with van der Waals surface area (Å²) in [4.78, 5) is 49.0. The molecule has 3 unspecified atom stereocenters. The first-order valence-electron chi connectivity index (χ1n) is 13.0. The first kappa shape index (κ1) is 33.2. The number of unbranched alkanes of at least 4 members (excludes halogenated alkanes) is 2. The number of carbonyl (C=O) groups excluding carboxylic acids is 3. The smallest absolute Gasteiger partial charge is 0.305 e.